The van der Waals surface area contributed by atoms with Gasteiger partial charge in [0.1, 0.15) is 5.75 Å². The Morgan fingerprint density at radius 2 is 1.65 bits per heavy atom. The van der Waals surface area contributed by atoms with E-state index in [4.69, 9.17) is 14.2 Å². The summed E-state index contributed by atoms with van der Waals surface area (Å²) in [7, 11) is 3.17. The van der Waals surface area contributed by atoms with Crippen LogP contribution in [0.4, 0.5) is 0 Å². The van der Waals surface area contributed by atoms with Gasteiger partial charge in [0.2, 0.25) is 0 Å². The Morgan fingerprint density at radius 1 is 0.885 bits per heavy atom. The maximum absolute atomic E-state index is 12.1. The Morgan fingerprint density at radius 3 is 2.46 bits per heavy atom. The molecule has 1 amide bonds. The monoisotopic (exact) mass is 351 g/mol. The summed E-state index contributed by atoms with van der Waals surface area (Å²) in [6, 6.07) is 19.2. The molecule has 5 heteroatoms. The highest BCUT2D eigenvalue weighted by atomic mass is 16.5. The molecule has 0 heterocycles. The largest absolute Gasteiger partial charge is 0.493 e. The van der Waals surface area contributed by atoms with Crippen LogP contribution in [0.1, 0.15) is 5.56 Å². The Hall–Kier alpha value is -3.21. The van der Waals surface area contributed by atoms with E-state index < -0.39 is 0 Å². The minimum absolute atomic E-state index is 0.0404. The van der Waals surface area contributed by atoms with E-state index in [-0.39, 0.29) is 12.5 Å². The normalized spacial score (nSPS) is 10.4. The van der Waals surface area contributed by atoms with Gasteiger partial charge in [-0.05, 0) is 29.1 Å². The molecule has 0 aliphatic heterocycles. The lowest BCUT2D eigenvalue weighted by atomic mass is 10.1. The van der Waals surface area contributed by atoms with Crippen molar-refractivity contribution in [2.45, 2.75) is 6.54 Å². The lowest BCUT2D eigenvalue weighted by Gasteiger charge is -2.11. The van der Waals surface area contributed by atoms with Crippen LogP contribution in [-0.2, 0) is 11.3 Å². The van der Waals surface area contributed by atoms with Gasteiger partial charge in [-0.25, -0.2) is 0 Å². The molecule has 0 radical (unpaired) electrons. The van der Waals surface area contributed by atoms with Crippen LogP contribution < -0.4 is 19.5 Å². The van der Waals surface area contributed by atoms with E-state index in [1.807, 2.05) is 60.7 Å². The Kier molecular flexibility index (Phi) is 5.59. The lowest BCUT2D eigenvalue weighted by Crippen LogP contribution is -2.28. The molecule has 0 unspecified atom stereocenters. The van der Waals surface area contributed by atoms with Crippen molar-refractivity contribution >= 4 is 16.7 Å². The molecule has 0 saturated heterocycles. The van der Waals surface area contributed by atoms with Crippen molar-refractivity contribution < 1.29 is 19.0 Å². The van der Waals surface area contributed by atoms with E-state index in [0.29, 0.717) is 23.8 Å². The molecule has 0 fully saturated rings. The molecular weight excluding hydrogens is 330 g/mol. The summed E-state index contributed by atoms with van der Waals surface area (Å²) in [6.07, 6.45) is 0. The van der Waals surface area contributed by atoms with Crippen LogP contribution in [0.25, 0.3) is 10.8 Å². The van der Waals surface area contributed by atoms with E-state index in [2.05, 4.69) is 5.32 Å². The number of hydrogen-bond donors (Lipinski definition) is 1. The zero-order valence-corrected chi connectivity index (χ0v) is 14.8. The van der Waals surface area contributed by atoms with Crippen LogP contribution in [0.2, 0.25) is 0 Å². The Bertz CT molecular complexity index is 902. The number of ether oxygens (including phenoxy) is 3. The first kappa shape index (κ1) is 17.6. The number of nitrogens with one attached hydrogen (secondary N) is 1. The zero-order valence-electron chi connectivity index (χ0n) is 14.8. The summed E-state index contributed by atoms with van der Waals surface area (Å²) in [5.74, 6) is 1.80. The first-order chi connectivity index (χ1) is 12.7. The molecule has 5 nitrogen and oxygen atoms in total. The van der Waals surface area contributed by atoms with Gasteiger partial charge in [-0.2, -0.15) is 0 Å². The van der Waals surface area contributed by atoms with Gasteiger partial charge in [0.25, 0.3) is 5.91 Å². The van der Waals surface area contributed by atoms with Crippen molar-refractivity contribution in [1.82, 2.24) is 5.32 Å². The van der Waals surface area contributed by atoms with Crippen molar-refractivity contribution in [2.75, 3.05) is 20.8 Å². The molecule has 3 aromatic rings. The molecule has 134 valence electrons. The van der Waals surface area contributed by atoms with Crippen LogP contribution in [0.15, 0.2) is 60.7 Å². The summed E-state index contributed by atoms with van der Waals surface area (Å²) in [5, 5.41) is 4.91. The summed E-state index contributed by atoms with van der Waals surface area (Å²) in [5.41, 5.74) is 0.918. The third kappa shape index (κ3) is 4.06. The molecule has 3 aromatic carbocycles. The van der Waals surface area contributed by atoms with Gasteiger partial charge in [0.15, 0.2) is 18.1 Å². The molecule has 26 heavy (non-hydrogen) atoms. The van der Waals surface area contributed by atoms with Crippen LogP contribution in [0.5, 0.6) is 17.2 Å². The van der Waals surface area contributed by atoms with Crippen LogP contribution in [0, 0.1) is 0 Å². The molecule has 0 aliphatic rings. The van der Waals surface area contributed by atoms with Gasteiger partial charge in [-0.15, -0.1) is 0 Å². The number of methoxy groups -OCH3 is 2. The average Bonchev–Trinajstić information content (AvgIpc) is 2.70. The van der Waals surface area contributed by atoms with E-state index in [0.717, 1.165) is 16.3 Å². The Balaban J connectivity index is 1.58. The molecule has 0 aromatic heterocycles. The fraction of sp³-hybridized carbons (Fsp3) is 0.190. The highest BCUT2D eigenvalue weighted by molar-refractivity contribution is 5.88. The van der Waals surface area contributed by atoms with E-state index >= 15 is 0 Å². The molecule has 0 bridgehead atoms. The first-order valence-corrected chi connectivity index (χ1v) is 8.29. The fourth-order valence-corrected chi connectivity index (χ4v) is 2.71. The van der Waals surface area contributed by atoms with Crippen LogP contribution >= 0.6 is 0 Å². The number of benzene rings is 3. The SMILES string of the molecule is COc1ccc(CNC(=O)COc2cccc3ccccc23)cc1OC. The number of rotatable bonds is 7. The number of amides is 1. The van der Waals surface area contributed by atoms with Crippen molar-refractivity contribution in [1.29, 1.82) is 0 Å². The fourth-order valence-electron chi connectivity index (χ4n) is 2.71. The molecular formula is C21H21NO4. The summed E-state index contributed by atoms with van der Waals surface area (Å²) >= 11 is 0. The second-order valence-corrected chi connectivity index (χ2v) is 5.73. The number of hydrogen-bond acceptors (Lipinski definition) is 4. The third-order valence-corrected chi connectivity index (χ3v) is 4.05. The van der Waals surface area contributed by atoms with Gasteiger partial charge in [0.05, 0.1) is 14.2 Å². The molecule has 3 rings (SSSR count). The maximum Gasteiger partial charge on any atom is 0.258 e. The van der Waals surface area contributed by atoms with E-state index in [9.17, 15) is 4.79 Å². The van der Waals surface area contributed by atoms with Gasteiger partial charge in [-0.1, -0.05) is 42.5 Å². The predicted octanol–water partition coefficient (Wildman–Crippen LogP) is 3.55. The maximum atomic E-state index is 12.1. The molecule has 0 spiro atoms. The minimum Gasteiger partial charge on any atom is -0.493 e. The van der Waals surface area contributed by atoms with Crippen molar-refractivity contribution in [3.05, 3.63) is 66.2 Å². The quantitative estimate of drug-likeness (QED) is 0.707. The standard InChI is InChI=1S/C21H21NO4/c1-24-19-11-10-15(12-20(19)25-2)13-22-21(23)14-26-18-9-5-7-16-6-3-4-8-17(16)18/h3-12H,13-14H2,1-2H3,(H,22,23). The predicted molar refractivity (Wildman–Crippen MR) is 101 cm³/mol. The third-order valence-electron chi connectivity index (χ3n) is 4.05. The second-order valence-electron chi connectivity index (χ2n) is 5.73. The lowest BCUT2D eigenvalue weighted by molar-refractivity contribution is -0.123. The molecule has 1 N–H and O–H groups in total. The second kappa shape index (κ2) is 8.25. The van der Waals surface area contributed by atoms with Gasteiger partial charge < -0.3 is 19.5 Å². The van der Waals surface area contributed by atoms with Crippen LogP contribution in [0.3, 0.4) is 0 Å². The first-order valence-electron chi connectivity index (χ1n) is 8.29. The minimum atomic E-state index is -0.187. The van der Waals surface area contributed by atoms with Gasteiger partial charge >= 0.3 is 0 Å². The van der Waals surface area contributed by atoms with Crippen molar-refractivity contribution in [3.8, 4) is 17.2 Å². The van der Waals surface area contributed by atoms with Crippen molar-refractivity contribution in [2.24, 2.45) is 0 Å². The van der Waals surface area contributed by atoms with Crippen LogP contribution in [-0.4, -0.2) is 26.7 Å². The molecule has 0 saturated carbocycles. The summed E-state index contributed by atoms with van der Waals surface area (Å²) in [4.78, 5) is 12.1. The average molecular weight is 351 g/mol. The highest BCUT2D eigenvalue weighted by Crippen LogP contribution is 2.27. The van der Waals surface area contributed by atoms with Gasteiger partial charge in [0, 0.05) is 11.9 Å². The number of carbonyl (C=O) groups is 1. The van der Waals surface area contributed by atoms with E-state index in [1.54, 1.807) is 14.2 Å². The number of fused-ring (bicyclic) bond motifs is 1. The Labute approximate surface area is 152 Å². The number of carbonyl (C=O) groups excluding carboxylic acids is 1. The molecule has 0 aliphatic carbocycles. The highest BCUT2D eigenvalue weighted by Gasteiger charge is 2.08. The molecule has 0 atom stereocenters. The smallest absolute Gasteiger partial charge is 0.258 e. The van der Waals surface area contributed by atoms with Crippen molar-refractivity contribution in [3.63, 3.8) is 0 Å². The topological polar surface area (TPSA) is 56.8 Å². The summed E-state index contributed by atoms with van der Waals surface area (Å²) in [6.45, 7) is 0.347. The van der Waals surface area contributed by atoms with Gasteiger partial charge in [-0.3, -0.25) is 4.79 Å². The zero-order chi connectivity index (χ0) is 18.4. The van der Waals surface area contributed by atoms with E-state index in [1.165, 1.54) is 0 Å². The summed E-state index contributed by atoms with van der Waals surface area (Å²) < 4.78 is 16.2.